The number of rotatable bonds is 2. The van der Waals surface area contributed by atoms with Gasteiger partial charge in [0.05, 0.1) is 6.10 Å². The first-order valence-corrected chi connectivity index (χ1v) is 4.19. The Balaban J connectivity index is 3.15. The molecule has 13 heavy (non-hydrogen) atoms. The lowest BCUT2D eigenvalue weighted by molar-refractivity contribution is 0.168. The van der Waals surface area contributed by atoms with Crippen molar-refractivity contribution < 1.29 is 13.9 Å². The van der Waals surface area contributed by atoms with Crippen LogP contribution >= 0.6 is 0 Å². The summed E-state index contributed by atoms with van der Waals surface area (Å²) in [5.41, 5.74) is 0.519. The van der Waals surface area contributed by atoms with Gasteiger partial charge in [-0.25, -0.2) is 8.78 Å². The molecule has 0 aliphatic heterocycles. The maximum absolute atomic E-state index is 13.1. The van der Waals surface area contributed by atoms with E-state index in [0.29, 0.717) is 12.0 Å². The second-order valence-corrected chi connectivity index (χ2v) is 3.05. The summed E-state index contributed by atoms with van der Waals surface area (Å²) in [6, 6.07) is 2.16. The van der Waals surface area contributed by atoms with E-state index >= 15 is 0 Å². The van der Waals surface area contributed by atoms with E-state index in [1.54, 1.807) is 13.8 Å². The van der Waals surface area contributed by atoms with Crippen LogP contribution in [0.2, 0.25) is 0 Å². The summed E-state index contributed by atoms with van der Waals surface area (Å²) in [6.45, 7) is 3.28. The highest BCUT2D eigenvalue weighted by Gasteiger charge is 2.13. The zero-order valence-electron chi connectivity index (χ0n) is 7.64. The number of aliphatic hydroxyl groups is 1. The van der Waals surface area contributed by atoms with Gasteiger partial charge in [0.2, 0.25) is 0 Å². The molecule has 1 nitrogen and oxygen atoms in total. The third-order valence-electron chi connectivity index (χ3n) is 2.02. The number of hydrogen-bond acceptors (Lipinski definition) is 1. The molecule has 0 amide bonds. The SMILES string of the molecule is CC[C@H](O)c1cc(C)c(F)cc1F. The molecule has 0 saturated carbocycles. The second-order valence-electron chi connectivity index (χ2n) is 3.05. The molecule has 1 N–H and O–H groups in total. The van der Waals surface area contributed by atoms with Gasteiger partial charge in [-0.2, -0.15) is 0 Å². The fourth-order valence-electron chi connectivity index (χ4n) is 1.15. The van der Waals surface area contributed by atoms with E-state index in [9.17, 15) is 13.9 Å². The molecule has 0 saturated heterocycles. The van der Waals surface area contributed by atoms with E-state index < -0.39 is 17.7 Å². The maximum atomic E-state index is 13.1. The summed E-state index contributed by atoms with van der Waals surface area (Å²) >= 11 is 0. The molecule has 1 aromatic carbocycles. The van der Waals surface area contributed by atoms with Gasteiger partial charge in [-0.3, -0.25) is 0 Å². The van der Waals surface area contributed by atoms with Crippen LogP contribution in [0.15, 0.2) is 12.1 Å². The lowest BCUT2D eigenvalue weighted by atomic mass is 10.0. The Bertz CT molecular complexity index is 310. The van der Waals surface area contributed by atoms with Gasteiger partial charge in [0, 0.05) is 11.6 Å². The molecule has 0 aliphatic rings. The Hall–Kier alpha value is -0.960. The van der Waals surface area contributed by atoms with Gasteiger partial charge in [-0.1, -0.05) is 6.92 Å². The van der Waals surface area contributed by atoms with Crippen LogP contribution in [0.3, 0.4) is 0 Å². The van der Waals surface area contributed by atoms with Crippen molar-refractivity contribution >= 4 is 0 Å². The van der Waals surface area contributed by atoms with Crippen LogP contribution in [0.4, 0.5) is 8.78 Å². The maximum Gasteiger partial charge on any atom is 0.131 e. The Morgan fingerprint density at radius 1 is 1.31 bits per heavy atom. The minimum absolute atomic E-state index is 0.168. The van der Waals surface area contributed by atoms with Crippen LogP contribution < -0.4 is 0 Å². The summed E-state index contributed by atoms with van der Waals surface area (Å²) in [7, 11) is 0. The molecule has 0 aliphatic carbocycles. The van der Waals surface area contributed by atoms with Crippen molar-refractivity contribution in [2.75, 3.05) is 0 Å². The lowest BCUT2D eigenvalue weighted by Gasteiger charge is -2.10. The van der Waals surface area contributed by atoms with Crippen LogP contribution in [0.1, 0.15) is 30.6 Å². The predicted octanol–water partition coefficient (Wildman–Crippen LogP) is 2.72. The van der Waals surface area contributed by atoms with Gasteiger partial charge < -0.3 is 5.11 Å². The first-order chi connectivity index (χ1) is 6.06. The van der Waals surface area contributed by atoms with Gasteiger partial charge in [0.15, 0.2) is 0 Å². The molecule has 3 heteroatoms. The highest BCUT2D eigenvalue weighted by molar-refractivity contribution is 5.27. The molecule has 0 radical (unpaired) electrons. The summed E-state index contributed by atoms with van der Waals surface area (Å²) in [6.07, 6.45) is -0.429. The third-order valence-corrected chi connectivity index (χ3v) is 2.02. The van der Waals surface area contributed by atoms with E-state index in [-0.39, 0.29) is 5.56 Å². The lowest BCUT2D eigenvalue weighted by Crippen LogP contribution is -2.01. The predicted molar refractivity (Wildman–Crippen MR) is 46.3 cm³/mol. The van der Waals surface area contributed by atoms with Gasteiger partial charge in [-0.15, -0.1) is 0 Å². The molecule has 1 rings (SSSR count). The number of hydrogen-bond donors (Lipinski definition) is 1. The molecule has 0 aromatic heterocycles. The molecule has 0 fully saturated rings. The molecule has 1 atom stereocenters. The number of benzene rings is 1. The van der Waals surface area contributed by atoms with Gasteiger partial charge in [0.25, 0.3) is 0 Å². The van der Waals surface area contributed by atoms with Crippen molar-refractivity contribution in [3.05, 3.63) is 34.9 Å². The molecule has 0 unspecified atom stereocenters. The quantitative estimate of drug-likeness (QED) is 0.752. The van der Waals surface area contributed by atoms with Crippen molar-refractivity contribution in [2.45, 2.75) is 26.4 Å². The Morgan fingerprint density at radius 3 is 2.46 bits per heavy atom. The van der Waals surface area contributed by atoms with Crippen LogP contribution in [0, 0.1) is 18.6 Å². The summed E-state index contributed by atoms with van der Waals surface area (Å²) < 4.78 is 25.9. The number of aliphatic hydroxyl groups excluding tert-OH is 1. The van der Waals surface area contributed by atoms with Crippen LogP contribution in [-0.2, 0) is 0 Å². The number of halogens is 2. The minimum atomic E-state index is -0.848. The first-order valence-electron chi connectivity index (χ1n) is 4.19. The largest absolute Gasteiger partial charge is 0.388 e. The second kappa shape index (κ2) is 3.83. The molecular formula is C10H12F2O. The average Bonchev–Trinajstić information content (AvgIpc) is 2.10. The molecule has 0 bridgehead atoms. The van der Waals surface area contributed by atoms with Crippen molar-refractivity contribution in [1.29, 1.82) is 0 Å². The molecular weight excluding hydrogens is 174 g/mol. The van der Waals surface area contributed by atoms with E-state index in [2.05, 4.69) is 0 Å². The highest BCUT2D eigenvalue weighted by atomic mass is 19.1. The van der Waals surface area contributed by atoms with E-state index in [4.69, 9.17) is 0 Å². The Labute approximate surface area is 76.0 Å². The van der Waals surface area contributed by atoms with Gasteiger partial charge in [0.1, 0.15) is 11.6 Å². The fraction of sp³-hybridized carbons (Fsp3) is 0.400. The van der Waals surface area contributed by atoms with Crippen molar-refractivity contribution in [3.8, 4) is 0 Å². The smallest absolute Gasteiger partial charge is 0.131 e. The Kier molecular flexibility index (Phi) is 2.98. The third kappa shape index (κ3) is 2.04. The minimum Gasteiger partial charge on any atom is -0.388 e. The summed E-state index contributed by atoms with van der Waals surface area (Å²) in [4.78, 5) is 0. The molecule has 72 valence electrons. The van der Waals surface area contributed by atoms with Crippen molar-refractivity contribution in [1.82, 2.24) is 0 Å². The van der Waals surface area contributed by atoms with Crippen molar-refractivity contribution in [2.24, 2.45) is 0 Å². The zero-order valence-corrected chi connectivity index (χ0v) is 7.64. The van der Waals surface area contributed by atoms with Crippen LogP contribution in [-0.4, -0.2) is 5.11 Å². The molecule has 0 heterocycles. The summed E-state index contributed by atoms with van der Waals surface area (Å²) in [5.74, 6) is -1.26. The standard InChI is InChI=1S/C10H12F2O/c1-3-10(13)7-4-6(2)8(11)5-9(7)12/h4-5,10,13H,3H2,1-2H3/t10-/m0/s1. The molecule has 0 spiro atoms. The fourth-order valence-corrected chi connectivity index (χ4v) is 1.15. The van der Waals surface area contributed by atoms with Gasteiger partial charge in [-0.05, 0) is 25.0 Å². The van der Waals surface area contributed by atoms with E-state index in [1.165, 1.54) is 6.07 Å². The van der Waals surface area contributed by atoms with Gasteiger partial charge >= 0.3 is 0 Å². The van der Waals surface area contributed by atoms with E-state index in [1.807, 2.05) is 0 Å². The van der Waals surface area contributed by atoms with Crippen LogP contribution in [0.25, 0.3) is 0 Å². The van der Waals surface area contributed by atoms with E-state index in [0.717, 1.165) is 6.07 Å². The monoisotopic (exact) mass is 186 g/mol. The number of aryl methyl sites for hydroxylation is 1. The Morgan fingerprint density at radius 2 is 1.92 bits per heavy atom. The van der Waals surface area contributed by atoms with Crippen LogP contribution in [0.5, 0.6) is 0 Å². The normalized spacial score (nSPS) is 13.0. The van der Waals surface area contributed by atoms with Crippen molar-refractivity contribution in [3.63, 3.8) is 0 Å². The average molecular weight is 186 g/mol. The highest BCUT2D eigenvalue weighted by Crippen LogP contribution is 2.22. The topological polar surface area (TPSA) is 20.2 Å². The zero-order chi connectivity index (χ0) is 10.0. The first kappa shape index (κ1) is 10.1. The summed E-state index contributed by atoms with van der Waals surface area (Å²) in [5, 5.41) is 9.36. The molecule has 1 aromatic rings.